The number of halogens is 1. The Labute approximate surface area is 163 Å². The second-order valence-electron chi connectivity index (χ2n) is 8.17. The number of carbonyl (C=O) groups excluding carboxylic acids is 1. The molecule has 27 heavy (non-hydrogen) atoms. The zero-order chi connectivity index (χ0) is 19.8. The fraction of sp³-hybridized carbons (Fsp3) is 0.500. The molecule has 0 unspecified atom stereocenters. The van der Waals surface area contributed by atoms with Crippen molar-refractivity contribution in [3.63, 3.8) is 0 Å². The molecule has 1 aliphatic carbocycles. The van der Waals surface area contributed by atoms with Gasteiger partial charge < -0.3 is 15.4 Å². The molecule has 1 heterocycles. The monoisotopic (exact) mass is 391 g/mol. The number of H-pyrrole nitrogens is 1. The predicted molar refractivity (Wildman–Crippen MR) is 106 cm³/mol. The van der Waals surface area contributed by atoms with Gasteiger partial charge in [0.25, 0.3) is 5.91 Å². The van der Waals surface area contributed by atoms with Gasteiger partial charge in [0.15, 0.2) is 0 Å². The van der Waals surface area contributed by atoms with Gasteiger partial charge in [0, 0.05) is 27.5 Å². The Morgan fingerprint density at radius 1 is 1.22 bits per heavy atom. The number of hydrogen-bond acceptors (Lipinski definition) is 2. The van der Waals surface area contributed by atoms with Crippen LogP contribution in [0.3, 0.4) is 0 Å². The van der Waals surface area contributed by atoms with E-state index < -0.39 is 11.6 Å². The quantitative estimate of drug-likeness (QED) is 0.712. The highest BCUT2D eigenvalue weighted by molar-refractivity contribution is 6.31. The van der Waals surface area contributed by atoms with Gasteiger partial charge in [0.2, 0.25) is 0 Å². The molecular formula is C20H26ClN3O3. The third-order valence-electron chi connectivity index (χ3n) is 5.13. The van der Waals surface area contributed by atoms with E-state index in [-0.39, 0.29) is 18.0 Å². The van der Waals surface area contributed by atoms with Gasteiger partial charge in [-0.2, -0.15) is 0 Å². The van der Waals surface area contributed by atoms with Crippen LogP contribution in [0.2, 0.25) is 5.02 Å². The van der Waals surface area contributed by atoms with Crippen molar-refractivity contribution in [1.29, 1.82) is 0 Å². The Balaban J connectivity index is 1.82. The first-order valence-corrected chi connectivity index (χ1v) is 9.66. The van der Waals surface area contributed by atoms with E-state index >= 15 is 0 Å². The number of aromatic nitrogens is 1. The molecule has 7 heteroatoms. The van der Waals surface area contributed by atoms with Gasteiger partial charge in [0.1, 0.15) is 5.69 Å². The molecule has 0 bridgehead atoms. The van der Waals surface area contributed by atoms with Gasteiger partial charge in [-0.1, -0.05) is 24.4 Å². The van der Waals surface area contributed by atoms with Crippen LogP contribution >= 0.6 is 11.6 Å². The summed E-state index contributed by atoms with van der Waals surface area (Å²) in [6.07, 6.45) is 2.50. The van der Waals surface area contributed by atoms with Crippen LogP contribution in [0.15, 0.2) is 24.3 Å². The zero-order valence-electron chi connectivity index (χ0n) is 15.9. The summed E-state index contributed by atoms with van der Waals surface area (Å²) in [6.45, 7) is 5.65. The van der Waals surface area contributed by atoms with Gasteiger partial charge in [-0.25, -0.2) is 4.79 Å². The van der Waals surface area contributed by atoms with Crippen LogP contribution in [0.5, 0.6) is 0 Å². The first kappa shape index (κ1) is 19.5. The summed E-state index contributed by atoms with van der Waals surface area (Å²) in [4.78, 5) is 29.3. The maximum Gasteiger partial charge on any atom is 0.408 e. The van der Waals surface area contributed by atoms with Crippen molar-refractivity contribution in [2.75, 3.05) is 0 Å². The van der Waals surface area contributed by atoms with Crippen molar-refractivity contribution in [2.24, 2.45) is 0 Å². The molecule has 3 rings (SSSR count). The van der Waals surface area contributed by atoms with Gasteiger partial charge >= 0.3 is 6.09 Å². The number of carbonyl (C=O) groups is 2. The minimum absolute atomic E-state index is 0.212. The Kier molecular flexibility index (Phi) is 5.38. The normalized spacial score (nSPS) is 20.4. The molecule has 3 N–H and O–H groups in total. The molecular weight excluding hydrogens is 366 g/mol. The van der Waals surface area contributed by atoms with E-state index in [2.05, 4.69) is 10.3 Å². The van der Waals surface area contributed by atoms with Crippen LogP contribution in [0.25, 0.3) is 10.9 Å². The molecule has 2 amide bonds. The highest BCUT2D eigenvalue weighted by atomic mass is 35.5. The summed E-state index contributed by atoms with van der Waals surface area (Å²) >= 11 is 6.01. The fourth-order valence-corrected chi connectivity index (χ4v) is 4.17. The van der Waals surface area contributed by atoms with E-state index in [1.807, 2.05) is 26.8 Å². The Hall–Kier alpha value is -2.21. The fourth-order valence-electron chi connectivity index (χ4n) is 3.99. The molecule has 0 spiro atoms. The minimum Gasteiger partial charge on any atom is -0.465 e. The molecule has 0 aliphatic heterocycles. The van der Waals surface area contributed by atoms with Crippen LogP contribution in [-0.2, 0) is 0 Å². The van der Waals surface area contributed by atoms with Crippen LogP contribution in [0, 0.1) is 0 Å². The largest absolute Gasteiger partial charge is 0.465 e. The molecule has 1 aromatic heterocycles. The number of benzene rings is 1. The number of nitrogens with one attached hydrogen (secondary N) is 2. The summed E-state index contributed by atoms with van der Waals surface area (Å²) in [5.74, 6) is -0.224. The third-order valence-corrected chi connectivity index (χ3v) is 5.37. The zero-order valence-corrected chi connectivity index (χ0v) is 16.6. The maximum atomic E-state index is 12.8. The molecule has 146 valence electrons. The Morgan fingerprint density at radius 3 is 2.59 bits per heavy atom. The van der Waals surface area contributed by atoms with Crippen LogP contribution in [0.4, 0.5) is 4.79 Å². The number of hydrogen-bond donors (Lipinski definition) is 3. The lowest BCUT2D eigenvalue weighted by molar-refractivity contribution is 0.0405. The van der Waals surface area contributed by atoms with Gasteiger partial charge in [0.05, 0.1) is 6.04 Å². The van der Waals surface area contributed by atoms with E-state index in [4.69, 9.17) is 11.6 Å². The summed E-state index contributed by atoms with van der Waals surface area (Å²) in [5.41, 5.74) is 0.759. The molecule has 1 aliphatic rings. The van der Waals surface area contributed by atoms with E-state index in [9.17, 15) is 14.7 Å². The molecule has 2 aromatic rings. The van der Waals surface area contributed by atoms with Crippen LogP contribution in [-0.4, -0.2) is 44.6 Å². The van der Waals surface area contributed by atoms with E-state index in [1.54, 1.807) is 18.2 Å². The lowest BCUT2D eigenvalue weighted by Gasteiger charge is -2.45. The lowest BCUT2D eigenvalue weighted by atomic mass is 9.86. The Bertz CT molecular complexity index is 856. The maximum absolute atomic E-state index is 12.8. The van der Waals surface area contributed by atoms with Crippen molar-refractivity contribution in [3.8, 4) is 0 Å². The first-order chi connectivity index (χ1) is 12.7. The van der Waals surface area contributed by atoms with Crippen molar-refractivity contribution in [3.05, 3.63) is 35.0 Å². The molecule has 1 fully saturated rings. The molecule has 0 saturated heterocycles. The summed E-state index contributed by atoms with van der Waals surface area (Å²) in [6, 6.07) is 6.74. The average Bonchev–Trinajstić information content (AvgIpc) is 2.98. The van der Waals surface area contributed by atoms with Crippen molar-refractivity contribution in [2.45, 2.75) is 64.1 Å². The summed E-state index contributed by atoms with van der Waals surface area (Å²) in [7, 11) is 0. The number of nitrogens with zero attached hydrogens (tertiary/aromatic N) is 1. The predicted octanol–water partition coefficient (Wildman–Crippen LogP) is 4.64. The first-order valence-electron chi connectivity index (χ1n) is 9.28. The smallest absolute Gasteiger partial charge is 0.408 e. The molecule has 2 atom stereocenters. The molecule has 1 saturated carbocycles. The standard InChI is InChI=1S/C20H26ClN3O3/c1-20(2,3)24(19(26)27)17-7-5-4-6-15(17)23-18(25)16-11-12-10-13(21)8-9-14(12)22-16/h8-11,15,17,22H,4-7H2,1-3H3,(H,23,25)(H,26,27)/t15-,17+/m0/s1. The van der Waals surface area contributed by atoms with Gasteiger partial charge in [-0.05, 0) is 57.9 Å². The van der Waals surface area contributed by atoms with Crippen molar-refractivity contribution < 1.29 is 14.7 Å². The van der Waals surface area contributed by atoms with E-state index in [0.29, 0.717) is 10.7 Å². The van der Waals surface area contributed by atoms with Crippen molar-refractivity contribution >= 4 is 34.5 Å². The van der Waals surface area contributed by atoms with Crippen LogP contribution in [0.1, 0.15) is 56.9 Å². The number of aromatic amines is 1. The van der Waals surface area contributed by atoms with E-state index in [0.717, 1.165) is 36.6 Å². The lowest BCUT2D eigenvalue weighted by Crippen LogP contribution is -2.60. The number of carboxylic acid groups (broad SMARTS) is 1. The SMILES string of the molecule is CC(C)(C)N(C(=O)O)[C@@H]1CCCC[C@@H]1NC(=O)c1cc2cc(Cl)ccc2[nH]1. The highest BCUT2D eigenvalue weighted by Crippen LogP contribution is 2.29. The summed E-state index contributed by atoms with van der Waals surface area (Å²) < 4.78 is 0. The number of rotatable bonds is 3. The van der Waals surface area contributed by atoms with E-state index in [1.165, 1.54) is 4.90 Å². The van der Waals surface area contributed by atoms with Crippen molar-refractivity contribution in [1.82, 2.24) is 15.2 Å². The second kappa shape index (κ2) is 7.43. The average molecular weight is 392 g/mol. The second-order valence-corrected chi connectivity index (χ2v) is 8.61. The third kappa shape index (κ3) is 4.21. The molecule has 0 radical (unpaired) electrons. The van der Waals surface area contributed by atoms with Gasteiger partial charge in [-0.3, -0.25) is 9.69 Å². The summed E-state index contributed by atoms with van der Waals surface area (Å²) in [5, 5.41) is 14.3. The number of fused-ring (bicyclic) bond motifs is 1. The van der Waals surface area contributed by atoms with Gasteiger partial charge in [-0.15, -0.1) is 0 Å². The highest BCUT2D eigenvalue weighted by Gasteiger charge is 2.39. The Morgan fingerprint density at radius 2 is 1.93 bits per heavy atom. The molecule has 1 aromatic carbocycles. The minimum atomic E-state index is -0.950. The topological polar surface area (TPSA) is 85.4 Å². The molecule has 6 nitrogen and oxygen atoms in total. The van der Waals surface area contributed by atoms with Crippen LogP contribution < -0.4 is 5.32 Å². The number of amides is 2.